The summed E-state index contributed by atoms with van der Waals surface area (Å²) < 4.78 is 20.2. The van der Waals surface area contributed by atoms with Crippen LogP contribution in [-0.2, 0) is 0 Å². The zero-order chi connectivity index (χ0) is 34.7. The minimum Gasteiger partial charge on any atom is -0.508 e. The Labute approximate surface area is 290 Å². The van der Waals surface area contributed by atoms with Crippen LogP contribution in [0.2, 0.25) is 0 Å². The number of fused-ring (bicyclic) bond motifs is 3. The number of furan rings is 1. The van der Waals surface area contributed by atoms with E-state index in [1.54, 1.807) is 109 Å². The third-order valence-corrected chi connectivity index (χ3v) is 10.3. The highest BCUT2D eigenvalue weighted by Crippen LogP contribution is 2.64. The van der Waals surface area contributed by atoms with Crippen LogP contribution >= 0.6 is 0 Å². The molecule has 2 aliphatic heterocycles. The van der Waals surface area contributed by atoms with Crippen LogP contribution in [0.3, 0.4) is 0 Å². The summed E-state index contributed by atoms with van der Waals surface area (Å²) >= 11 is 0. The summed E-state index contributed by atoms with van der Waals surface area (Å²) in [5.74, 6) is 0.405. The van der Waals surface area contributed by atoms with E-state index in [2.05, 4.69) is 0 Å². The average Bonchev–Trinajstić information content (AvgIpc) is 3.80. The molecular formula is C42H28O9. The summed E-state index contributed by atoms with van der Waals surface area (Å²) in [7, 11) is 0. The van der Waals surface area contributed by atoms with Crippen LogP contribution in [0.1, 0.15) is 57.4 Å². The lowest BCUT2D eigenvalue weighted by molar-refractivity contribution is 0.220. The minimum absolute atomic E-state index is 0.0147. The highest BCUT2D eigenvalue weighted by atomic mass is 16.5. The van der Waals surface area contributed by atoms with Crippen molar-refractivity contribution in [2.75, 3.05) is 0 Å². The third-order valence-electron chi connectivity index (χ3n) is 10.3. The highest BCUT2D eigenvalue weighted by molar-refractivity contribution is 6.06. The Morgan fingerprint density at radius 2 is 0.941 bits per heavy atom. The first-order valence-electron chi connectivity index (χ1n) is 16.5. The summed E-state index contributed by atoms with van der Waals surface area (Å²) in [6, 6.07) is 30.0. The molecule has 250 valence electrons. The van der Waals surface area contributed by atoms with Crippen molar-refractivity contribution in [3.05, 3.63) is 143 Å². The largest absolute Gasteiger partial charge is 0.508 e. The Balaban J connectivity index is 1.38. The van der Waals surface area contributed by atoms with E-state index in [4.69, 9.17) is 13.9 Å². The molecule has 9 heteroatoms. The summed E-state index contributed by atoms with van der Waals surface area (Å²) in [5, 5.41) is 65.1. The van der Waals surface area contributed by atoms with E-state index in [-0.39, 0.29) is 34.5 Å². The zero-order valence-electron chi connectivity index (χ0n) is 26.6. The van der Waals surface area contributed by atoms with E-state index in [1.807, 2.05) is 0 Å². The normalized spacial score (nSPS) is 19.4. The monoisotopic (exact) mass is 676 g/mol. The molecule has 0 radical (unpaired) electrons. The van der Waals surface area contributed by atoms with Gasteiger partial charge in [-0.2, -0.15) is 0 Å². The Morgan fingerprint density at radius 3 is 1.55 bits per heavy atom. The molecule has 7 aromatic rings. The van der Waals surface area contributed by atoms with Crippen molar-refractivity contribution in [2.45, 2.75) is 24.0 Å². The first-order chi connectivity index (χ1) is 24.7. The van der Waals surface area contributed by atoms with Gasteiger partial charge in [-0.1, -0.05) is 24.3 Å². The van der Waals surface area contributed by atoms with Gasteiger partial charge in [0, 0.05) is 45.8 Å². The lowest BCUT2D eigenvalue weighted by atomic mass is 9.76. The van der Waals surface area contributed by atoms with Crippen molar-refractivity contribution in [3.63, 3.8) is 0 Å². The maximum atomic E-state index is 11.3. The lowest BCUT2D eigenvalue weighted by Crippen LogP contribution is -2.16. The average molecular weight is 677 g/mol. The SMILES string of the molecule is Oc1ccc(-c2oc3cc(O)cc4c3c2-c2cc(O)cc3c2[C@@H](c2cc(O)cc5c2[C@@H]4[C@H](c2ccc(O)cc2)O5)[C@H](c2ccc(O)cc2)O3)cc1. The Bertz CT molecular complexity index is 2550. The van der Waals surface area contributed by atoms with Crippen LogP contribution < -0.4 is 9.47 Å². The van der Waals surface area contributed by atoms with E-state index in [0.717, 1.165) is 27.8 Å². The van der Waals surface area contributed by atoms with E-state index >= 15 is 0 Å². The molecule has 9 nitrogen and oxygen atoms in total. The summed E-state index contributed by atoms with van der Waals surface area (Å²) in [6.07, 6.45) is -1.32. The zero-order valence-corrected chi connectivity index (χ0v) is 26.6. The molecule has 0 amide bonds. The van der Waals surface area contributed by atoms with Gasteiger partial charge in [-0.15, -0.1) is 0 Å². The second-order valence-electron chi connectivity index (χ2n) is 13.3. The fourth-order valence-corrected chi connectivity index (χ4v) is 8.32. The predicted molar refractivity (Wildman–Crippen MR) is 187 cm³/mol. The number of hydrogen-bond acceptors (Lipinski definition) is 9. The number of benzene rings is 6. The van der Waals surface area contributed by atoms with Gasteiger partial charge in [-0.05, 0) is 94.5 Å². The molecule has 3 aliphatic rings. The fourth-order valence-electron chi connectivity index (χ4n) is 8.32. The number of aromatic hydroxyl groups is 6. The van der Waals surface area contributed by atoms with Gasteiger partial charge in [0.1, 0.15) is 69.5 Å². The number of hydrogen-bond donors (Lipinski definition) is 6. The molecule has 0 spiro atoms. The molecule has 6 aromatic carbocycles. The van der Waals surface area contributed by atoms with Gasteiger partial charge < -0.3 is 44.5 Å². The van der Waals surface area contributed by atoms with Crippen molar-refractivity contribution < 1.29 is 44.5 Å². The molecular weight excluding hydrogens is 648 g/mol. The standard InChI is InChI=1S/C42H28O9/c43-22-7-1-19(2-8-22)40-37-28-13-25(46)17-32-35(28)39(42(50-32)21-5-11-24(45)12-6-21)30-15-27(48)18-33-36(30)38(29-14-26(47)16-31(49-40)34(29)37)41(51-33)20-3-9-23(44)10-4-20/h1-18,37-38,40-41,43-48H/t37-,38-,40+,41+/m1/s1. The first kappa shape index (κ1) is 29.2. The predicted octanol–water partition coefficient (Wildman–Crippen LogP) is 8.85. The maximum absolute atomic E-state index is 11.3. The van der Waals surface area contributed by atoms with Crippen molar-refractivity contribution in [1.29, 1.82) is 0 Å². The molecule has 0 bridgehead atoms. The van der Waals surface area contributed by atoms with Crippen LogP contribution in [0.4, 0.5) is 0 Å². The van der Waals surface area contributed by atoms with E-state index in [1.165, 1.54) is 0 Å². The summed E-state index contributed by atoms with van der Waals surface area (Å²) in [4.78, 5) is 0. The molecule has 10 rings (SSSR count). The van der Waals surface area contributed by atoms with Gasteiger partial charge in [0.05, 0.1) is 11.8 Å². The number of phenols is 6. The van der Waals surface area contributed by atoms with Crippen molar-refractivity contribution >= 4 is 11.0 Å². The van der Waals surface area contributed by atoms with E-state index in [0.29, 0.717) is 50.5 Å². The van der Waals surface area contributed by atoms with Gasteiger partial charge in [-0.25, -0.2) is 0 Å². The van der Waals surface area contributed by atoms with Crippen LogP contribution in [0.25, 0.3) is 33.4 Å². The van der Waals surface area contributed by atoms with Crippen molar-refractivity contribution in [1.82, 2.24) is 0 Å². The molecule has 0 fully saturated rings. The van der Waals surface area contributed by atoms with E-state index in [9.17, 15) is 30.6 Å². The van der Waals surface area contributed by atoms with Gasteiger partial charge in [0.25, 0.3) is 0 Å². The van der Waals surface area contributed by atoms with Gasteiger partial charge in [0.15, 0.2) is 0 Å². The second-order valence-corrected chi connectivity index (χ2v) is 13.3. The number of rotatable bonds is 3. The molecule has 1 aliphatic carbocycles. The van der Waals surface area contributed by atoms with Gasteiger partial charge >= 0.3 is 0 Å². The Morgan fingerprint density at radius 1 is 0.451 bits per heavy atom. The summed E-state index contributed by atoms with van der Waals surface area (Å²) in [6.45, 7) is 0. The molecule has 6 N–H and O–H groups in total. The number of ether oxygens (including phenoxy) is 2. The van der Waals surface area contributed by atoms with Gasteiger partial charge in [0.2, 0.25) is 0 Å². The van der Waals surface area contributed by atoms with Crippen LogP contribution in [0.15, 0.2) is 114 Å². The molecule has 0 saturated carbocycles. The topological polar surface area (TPSA) is 153 Å². The summed E-state index contributed by atoms with van der Waals surface area (Å²) in [5.41, 5.74) is 6.78. The van der Waals surface area contributed by atoms with Crippen molar-refractivity contribution in [2.24, 2.45) is 0 Å². The molecule has 4 atom stereocenters. The maximum Gasteiger partial charge on any atom is 0.143 e. The van der Waals surface area contributed by atoms with Crippen LogP contribution in [0, 0.1) is 0 Å². The number of phenolic OH excluding ortho intramolecular Hbond substituents is 6. The van der Waals surface area contributed by atoms with E-state index < -0.39 is 24.0 Å². The third kappa shape index (κ3) is 4.27. The van der Waals surface area contributed by atoms with Crippen LogP contribution in [0.5, 0.6) is 46.0 Å². The lowest BCUT2D eigenvalue weighted by Gasteiger charge is -2.25. The highest BCUT2D eigenvalue weighted by Gasteiger charge is 2.48. The van der Waals surface area contributed by atoms with Gasteiger partial charge in [-0.3, -0.25) is 0 Å². The smallest absolute Gasteiger partial charge is 0.143 e. The van der Waals surface area contributed by atoms with Crippen LogP contribution in [-0.4, -0.2) is 30.6 Å². The molecule has 0 saturated heterocycles. The minimum atomic E-state index is -0.658. The molecule has 0 unspecified atom stereocenters. The fraction of sp³-hybridized carbons (Fsp3) is 0.0952. The first-order valence-corrected chi connectivity index (χ1v) is 16.5. The Kier molecular flexibility index (Phi) is 5.94. The van der Waals surface area contributed by atoms with Crippen molar-refractivity contribution in [3.8, 4) is 68.4 Å². The molecule has 3 heterocycles. The quantitative estimate of drug-likeness (QED) is 0.108. The molecule has 51 heavy (non-hydrogen) atoms. The molecule has 1 aromatic heterocycles. The second kappa shape index (κ2) is 10.4. The Hall–Kier alpha value is -6.74.